The molecule has 4 rings (SSSR count). The highest BCUT2D eigenvalue weighted by Crippen LogP contribution is 2.27. The fourth-order valence-electron chi connectivity index (χ4n) is 3.08. The lowest BCUT2D eigenvalue weighted by Crippen LogP contribution is -2.27. The summed E-state index contributed by atoms with van der Waals surface area (Å²) in [5.74, 6) is 0.887. The van der Waals surface area contributed by atoms with Gasteiger partial charge in [-0.1, -0.05) is 70.7 Å². The highest BCUT2D eigenvalue weighted by Gasteiger charge is 2.20. The Bertz CT molecular complexity index is 1050. The first-order chi connectivity index (χ1) is 13.5. The molecule has 7 heteroatoms. The number of fused-ring (bicyclic) bond motifs is 1. The van der Waals surface area contributed by atoms with Crippen LogP contribution in [0.5, 0.6) is 0 Å². The summed E-state index contributed by atoms with van der Waals surface area (Å²) in [7, 11) is 0. The number of para-hydroxylation sites is 2. The average molecular weight is 452 g/mol. The molecule has 0 spiro atoms. The normalized spacial score (nSPS) is 11.1. The highest BCUT2D eigenvalue weighted by molar-refractivity contribution is 6.42. The molecule has 1 heterocycles. The van der Waals surface area contributed by atoms with Crippen LogP contribution in [-0.4, -0.2) is 4.98 Å². The molecule has 0 aliphatic carbocycles. The number of aromatic nitrogens is 2. The lowest BCUT2D eigenvalue weighted by Gasteiger charge is -2.17. The van der Waals surface area contributed by atoms with E-state index in [2.05, 4.69) is 14.9 Å². The number of nitrogens with one attached hydrogen (secondary N) is 2. The van der Waals surface area contributed by atoms with Crippen molar-refractivity contribution >= 4 is 63.4 Å². The number of benzene rings is 3. The van der Waals surface area contributed by atoms with Gasteiger partial charge in [-0.15, -0.1) is 0 Å². The van der Waals surface area contributed by atoms with Crippen LogP contribution in [0.2, 0.25) is 20.1 Å². The topological polar surface area (TPSA) is 33.2 Å². The molecule has 2 N–H and O–H groups in total. The van der Waals surface area contributed by atoms with Crippen molar-refractivity contribution in [1.82, 2.24) is 4.98 Å². The van der Waals surface area contributed by atoms with Gasteiger partial charge in [-0.25, -0.2) is 9.97 Å². The number of imidazole rings is 1. The van der Waals surface area contributed by atoms with Gasteiger partial charge in [-0.2, -0.15) is 0 Å². The van der Waals surface area contributed by atoms with Gasteiger partial charge in [-0.05, 0) is 47.5 Å². The number of rotatable bonds is 5. The quantitative estimate of drug-likeness (QED) is 0.355. The molecule has 142 valence electrons. The summed E-state index contributed by atoms with van der Waals surface area (Å²) in [5, 5.41) is 2.15. The maximum atomic E-state index is 6.21. The summed E-state index contributed by atoms with van der Waals surface area (Å²) in [5.41, 5.74) is 4.15. The molecule has 3 nitrogen and oxygen atoms in total. The molecule has 0 unspecified atom stereocenters. The van der Waals surface area contributed by atoms with E-state index in [1.807, 2.05) is 60.7 Å². The van der Waals surface area contributed by atoms with Crippen LogP contribution in [0.15, 0.2) is 60.7 Å². The minimum atomic E-state index is 0.536. The SMILES string of the molecule is Clc1ccc(CN(Cc2ccc(Cl)c(Cl)c2)c2[nH]c3ccccc3[nH+]2)cc1Cl. The number of halogens is 4. The van der Waals surface area contributed by atoms with Crippen molar-refractivity contribution in [3.63, 3.8) is 0 Å². The molecular weight excluding hydrogens is 436 g/mol. The molecule has 0 aliphatic heterocycles. The number of H-pyrrole nitrogens is 2. The van der Waals surface area contributed by atoms with Crippen molar-refractivity contribution in [1.29, 1.82) is 0 Å². The third-order valence-electron chi connectivity index (χ3n) is 4.46. The van der Waals surface area contributed by atoms with Crippen LogP contribution in [0.3, 0.4) is 0 Å². The molecule has 0 aliphatic rings. The second-order valence-electron chi connectivity index (χ2n) is 6.50. The number of hydrogen-bond donors (Lipinski definition) is 1. The fourth-order valence-corrected chi connectivity index (χ4v) is 3.72. The van der Waals surface area contributed by atoms with Gasteiger partial charge in [0.05, 0.1) is 33.2 Å². The Balaban J connectivity index is 1.70. The number of nitrogens with zero attached hydrogens (tertiary/aromatic N) is 1. The Morgan fingerprint density at radius 1 is 0.714 bits per heavy atom. The summed E-state index contributed by atoms with van der Waals surface area (Å²) in [6.45, 7) is 1.25. The van der Waals surface area contributed by atoms with E-state index in [0.717, 1.165) is 28.1 Å². The van der Waals surface area contributed by atoms with E-state index in [1.165, 1.54) is 0 Å². The third kappa shape index (κ3) is 4.23. The van der Waals surface area contributed by atoms with Crippen molar-refractivity contribution in [3.05, 3.63) is 91.9 Å². The zero-order chi connectivity index (χ0) is 19.7. The Labute approximate surface area is 182 Å². The lowest BCUT2D eigenvalue weighted by atomic mass is 10.1. The molecule has 0 saturated heterocycles. The van der Waals surface area contributed by atoms with Crippen molar-refractivity contribution < 1.29 is 4.98 Å². The maximum absolute atomic E-state index is 6.21. The van der Waals surface area contributed by atoms with E-state index in [0.29, 0.717) is 33.2 Å². The van der Waals surface area contributed by atoms with Crippen molar-refractivity contribution in [3.8, 4) is 0 Å². The monoisotopic (exact) mass is 450 g/mol. The second kappa shape index (κ2) is 8.22. The average Bonchev–Trinajstić information content (AvgIpc) is 3.11. The Morgan fingerprint density at radius 3 is 1.82 bits per heavy atom. The van der Waals surface area contributed by atoms with Crippen molar-refractivity contribution in [2.75, 3.05) is 4.90 Å². The molecule has 0 saturated carbocycles. The summed E-state index contributed by atoms with van der Waals surface area (Å²) in [6, 6.07) is 19.4. The standard InChI is InChI=1S/C21H15Cl4N3/c22-15-7-5-13(9-17(15)24)11-28(12-14-6-8-16(23)18(25)10-14)21-26-19-3-1-2-4-20(19)27-21/h1-10H,11-12H2,(H,26,27)/p+1. The maximum Gasteiger partial charge on any atom is 0.356 e. The van der Waals surface area contributed by atoms with Gasteiger partial charge in [0.15, 0.2) is 0 Å². The largest absolute Gasteiger partial charge is 0.356 e. The first-order valence-electron chi connectivity index (χ1n) is 8.62. The number of hydrogen-bond acceptors (Lipinski definition) is 1. The predicted molar refractivity (Wildman–Crippen MR) is 118 cm³/mol. The molecule has 4 aromatic rings. The third-order valence-corrected chi connectivity index (χ3v) is 5.94. The van der Waals surface area contributed by atoms with E-state index in [4.69, 9.17) is 46.4 Å². The summed E-state index contributed by atoms with van der Waals surface area (Å²) in [6.07, 6.45) is 0. The van der Waals surface area contributed by atoms with Crippen LogP contribution in [0.1, 0.15) is 11.1 Å². The summed E-state index contributed by atoms with van der Waals surface area (Å²) >= 11 is 24.5. The van der Waals surface area contributed by atoms with Gasteiger partial charge < -0.3 is 0 Å². The number of aromatic amines is 2. The summed E-state index contributed by atoms with van der Waals surface area (Å²) < 4.78 is 0. The molecule has 0 amide bonds. The zero-order valence-corrected chi connectivity index (χ0v) is 17.7. The minimum absolute atomic E-state index is 0.536. The van der Waals surface area contributed by atoms with E-state index < -0.39 is 0 Å². The van der Waals surface area contributed by atoms with Crippen LogP contribution < -0.4 is 9.88 Å². The first kappa shape index (κ1) is 19.4. The van der Waals surface area contributed by atoms with Crippen LogP contribution in [0.4, 0.5) is 5.95 Å². The predicted octanol–water partition coefficient (Wildman–Crippen LogP) is 6.80. The molecule has 0 atom stereocenters. The van der Waals surface area contributed by atoms with E-state index in [-0.39, 0.29) is 0 Å². The van der Waals surface area contributed by atoms with Gasteiger partial charge in [-0.3, -0.25) is 4.90 Å². The molecule has 1 aromatic heterocycles. The molecule has 28 heavy (non-hydrogen) atoms. The molecule has 0 bridgehead atoms. The van der Waals surface area contributed by atoms with Crippen LogP contribution in [0, 0.1) is 0 Å². The van der Waals surface area contributed by atoms with E-state index in [9.17, 15) is 0 Å². The van der Waals surface area contributed by atoms with Crippen LogP contribution in [0.25, 0.3) is 11.0 Å². The highest BCUT2D eigenvalue weighted by atomic mass is 35.5. The van der Waals surface area contributed by atoms with Crippen LogP contribution >= 0.6 is 46.4 Å². The lowest BCUT2D eigenvalue weighted by molar-refractivity contribution is -0.330. The summed E-state index contributed by atoms with van der Waals surface area (Å²) in [4.78, 5) is 9.06. The second-order valence-corrected chi connectivity index (χ2v) is 8.13. The smallest absolute Gasteiger partial charge is 0.256 e. The van der Waals surface area contributed by atoms with Gasteiger partial charge >= 0.3 is 5.95 Å². The fraction of sp³-hybridized carbons (Fsp3) is 0.0952. The molecular formula is C21H16Cl4N3+. The van der Waals surface area contributed by atoms with E-state index in [1.54, 1.807) is 0 Å². The van der Waals surface area contributed by atoms with Crippen molar-refractivity contribution in [2.24, 2.45) is 0 Å². The Morgan fingerprint density at radius 2 is 1.29 bits per heavy atom. The van der Waals surface area contributed by atoms with Gasteiger partial charge in [0.2, 0.25) is 0 Å². The zero-order valence-electron chi connectivity index (χ0n) is 14.6. The van der Waals surface area contributed by atoms with E-state index >= 15 is 0 Å². The van der Waals surface area contributed by atoms with Gasteiger partial charge in [0.1, 0.15) is 11.0 Å². The minimum Gasteiger partial charge on any atom is -0.256 e. The Hall–Kier alpha value is -1.91. The molecule has 0 radical (unpaired) electrons. The van der Waals surface area contributed by atoms with Gasteiger partial charge in [0.25, 0.3) is 0 Å². The Kier molecular flexibility index (Phi) is 5.70. The van der Waals surface area contributed by atoms with Crippen LogP contribution in [-0.2, 0) is 13.1 Å². The molecule has 0 fully saturated rings. The molecule has 3 aromatic carbocycles. The number of anilines is 1. The van der Waals surface area contributed by atoms with Crippen molar-refractivity contribution in [2.45, 2.75) is 13.1 Å². The first-order valence-corrected chi connectivity index (χ1v) is 10.1. The van der Waals surface area contributed by atoms with Gasteiger partial charge in [0, 0.05) is 0 Å².